The van der Waals surface area contributed by atoms with Gasteiger partial charge in [-0.3, -0.25) is 9.59 Å². The van der Waals surface area contributed by atoms with Crippen LogP contribution in [0.2, 0.25) is 0 Å². The predicted octanol–water partition coefficient (Wildman–Crippen LogP) is 2.00. The number of benzene rings is 1. The van der Waals surface area contributed by atoms with Crippen molar-refractivity contribution in [3.05, 3.63) is 46.1 Å². The van der Waals surface area contributed by atoms with Gasteiger partial charge in [0.15, 0.2) is 0 Å². The molecule has 0 unspecified atom stereocenters. The maximum Gasteiger partial charge on any atom is 0.323 e. The third-order valence-electron chi connectivity index (χ3n) is 2.05. The molecule has 0 spiro atoms. The molecule has 0 aliphatic heterocycles. The molecule has 0 heterocycles. The van der Waals surface area contributed by atoms with Crippen LogP contribution in [0.4, 0.5) is 0 Å². The van der Waals surface area contributed by atoms with Crippen molar-refractivity contribution in [3.63, 3.8) is 0 Å². The van der Waals surface area contributed by atoms with Crippen LogP contribution in [0.5, 0.6) is 0 Å². The number of hydrogen-bond donors (Lipinski definition) is 1. The van der Waals surface area contributed by atoms with Gasteiger partial charge in [0.05, 0.1) is 0 Å². The average molecular weight is 345 g/mol. The molecule has 5 heteroatoms. The van der Waals surface area contributed by atoms with E-state index in [9.17, 15) is 9.59 Å². The summed E-state index contributed by atoms with van der Waals surface area (Å²) >= 11 is 2.14. The number of carboxylic acids is 1. The van der Waals surface area contributed by atoms with Gasteiger partial charge in [-0.05, 0) is 46.9 Å². The fourth-order valence-electron chi connectivity index (χ4n) is 1.31. The molecule has 1 rings (SSSR count). The highest BCUT2D eigenvalue weighted by Crippen LogP contribution is 2.09. The normalized spacial score (nSPS) is 9.71. The van der Waals surface area contributed by atoms with Crippen molar-refractivity contribution in [1.29, 1.82) is 0 Å². The smallest absolute Gasteiger partial charge is 0.323 e. The first kappa shape index (κ1) is 13.7. The van der Waals surface area contributed by atoms with Gasteiger partial charge in [-0.2, -0.15) is 0 Å². The highest BCUT2D eigenvalue weighted by atomic mass is 127. The maximum absolute atomic E-state index is 12.0. The van der Waals surface area contributed by atoms with Gasteiger partial charge in [0.2, 0.25) is 0 Å². The quantitative estimate of drug-likeness (QED) is 0.656. The lowest BCUT2D eigenvalue weighted by Crippen LogP contribution is -2.35. The molecule has 1 amide bonds. The number of hydrogen-bond acceptors (Lipinski definition) is 2. The Morgan fingerprint density at radius 2 is 1.94 bits per heavy atom. The van der Waals surface area contributed by atoms with Crippen LogP contribution in [-0.2, 0) is 4.79 Å². The molecule has 0 bridgehead atoms. The Morgan fingerprint density at radius 1 is 1.35 bits per heavy atom. The summed E-state index contributed by atoms with van der Waals surface area (Å²) in [6, 6.07) is 6.98. The van der Waals surface area contributed by atoms with Crippen molar-refractivity contribution < 1.29 is 14.7 Å². The second-order valence-electron chi connectivity index (χ2n) is 3.37. The fourth-order valence-corrected chi connectivity index (χ4v) is 1.67. The van der Waals surface area contributed by atoms with Crippen LogP contribution in [0.25, 0.3) is 0 Å². The molecule has 4 nitrogen and oxygen atoms in total. The summed E-state index contributed by atoms with van der Waals surface area (Å²) in [6.45, 7) is 3.41. The Balaban J connectivity index is 2.86. The van der Waals surface area contributed by atoms with Crippen LogP contribution >= 0.6 is 22.6 Å². The lowest BCUT2D eigenvalue weighted by atomic mass is 10.2. The topological polar surface area (TPSA) is 57.6 Å². The van der Waals surface area contributed by atoms with Crippen molar-refractivity contribution in [2.45, 2.75) is 0 Å². The van der Waals surface area contributed by atoms with Gasteiger partial charge >= 0.3 is 5.97 Å². The molecule has 1 aromatic carbocycles. The summed E-state index contributed by atoms with van der Waals surface area (Å²) < 4.78 is 1.02. The molecule has 90 valence electrons. The Hall–Kier alpha value is -1.37. The predicted molar refractivity (Wildman–Crippen MR) is 72.9 cm³/mol. The third-order valence-corrected chi connectivity index (χ3v) is 2.77. The number of nitrogens with zero attached hydrogens (tertiary/aromatic N) is 1. The Labute approximate surface area is 113 Å². The van der Waals surface area contributed by atoms with Gasteiger partial charge in [-0.1, -0.05) is 6.08 Å². The summed E-state index contributed by atoms with van der Waals surface area (Å²) in [6.07, 6.45) is 1.51. The molecule has 0 saturated heterocycles. The van der Waals surface area contributed by atoms with Gasteiger partial charge in [0.25, 0.3) is 5.91 Å². The minimum Gasteiger partial charge on any atom is -0.480 e. The molecule has 0 aromatic heterocycles. The van der Waals surface area contributed by atoms with Gasteiger partial charge in [0, 0.05) is 15.7 Å². The van der Waals surface area contributed by atoms with E-state index >= 15 is 0 Å². The van der Waals surface area contributed by atoms with E-state index in [1.807, 2.05) is 0 Å². The van der Waals surface area contributed by atoms with Crippen LogP contribution in [0.15, 0.2) is 36.9 Å². The van der Waals surface area contributed by atoms with E-state index in [1.165, 1.54) is 11.0 Å². The van der Waals surface area contributed by atoms with Gasteiger partial charge in [-0.25, -0.2) is 0 Å². The highest BCUT2D eigenvalue weighted by Gasteiger charge is 2.16. The van der Waals surface area contributed by atoms with Crippen molar-refractivity contribution in [2.75, 3.05) is 13.1 Å². The number of carbonyl (C=O) groups excluding carboxylic acids is 1. The van der Waals surface area contributed by atoms with E-state index < -0.39 is 5.97 Å². The number of aliphatic carboxylic acids is 1. The zero-order valence-electron chi connectivity index (χ0n) is 9.10. The van der Waals surface area contributed by atoms with E-state index in [-0.39, 0.29) is 19.0 Å². The Bertz CT molecular complexity index is 428. The van der Waals surface area contributed by atoms with E-state index in [2.05, 4.69) is 29.2 Å². The molecule has 0 aliphatic carbocycles. The molecule has 1 aromatic rings. The monoisotopic (exact) mass is 345 g/mol. The van der Waals surface area contributed by atoms with E-state index in [0.29, 0.717) is 5.56 Å². The molecule has 0 fully saturated rings. The minimum absolute atomic E-state index is 0.219. The van der Waals surface area contributed by atoms with Crippen LogP contribution in [0.1, 0.15) is 10.4 Å². The zero-order chi connectivity index (χ0) is 12.8. The molecule has 17 heavy (non-hydrogen) atoms. The van der Waals surface area contributed by atoms with Gasteiger partial charge < -0.3 is 10.0 Å². The molecule has 0 saturated carbocycles. The Kier molecular flexibility index (Phi) is 5.14. The second kappa shape index (κ2) is 6.39. The standard InChI is InChI=1S/C12H12INO3/c1-2-7-14(8-11(15)16)12(17)9-3-5-10(13)6-4-9/h2-6H,1,7-8H2,(H,15,16). The van der Waals surface area contributed by atoms with E-state index in [0.717, 1.165) is 3.57 Å². The fraction of sp³-hybridized carbons (Fsp3) is 0.167. The first-order valence-corrected chi connectivity index (χ1v) is 6.00. The number of carbonyl (C=O) groups is 2. The van der Waals surface area contributed by atoms with Crippen molar-refractivity contribution in [3.8, 4) is 0 Å². The minimum atomic E-state index is -1.04. The first-order chi connectivity index (χ1) is 8.04. The highest BCUT2D eigenvalue weighted by molar-refractivity contribution is 14.1. The summed E-state index contributed by atoms with van der Waals surface area (Å²) in [5.41, 5.74) is 0.480. The van der Waals surface area contributed by atoms with Crippen molar-refractivity contribution in [2.24, 2.45) is 0 Å². The molecule has 0 atom stereocenters. The molecular weight excluding hydrogens is 333 g/mol. The number of carboxylic acid groups (broad SMARTS) is 1. The lowest BCUT2D eigenvalue weighted by molar-refractivity contribution is -0.137. The summed E-state index contributed by atoms with van der Waals surface area (Å²) in [4.78, 5) is 23.9. The van der Waals surface area contributed by atoms with E-state index in [4.69, 9.17) is 5.11 Å². The van der Waals surface area contributed by atoms with Crippen LogP contribution in [0, 0.1) is 3.57 Å². The van der Waals surface area contributed by atoms with Crippen molar-refractivity contribution >= 4 is 34.5 Å². The van der Waals surface area contributed by atoms with Gasteiger partial charge in [0.1, 0.15) is 6.54 Å². The maximum atomic E-state index is 12.0. The zero-order valence-corrected chi connectivity index (χ0v) is 11.3. The van der Waals surface area contributed by atoms with Crippen molar-refractivity contribution in [1.82, 2.24) is 4.90 Å². The number of amides is 1. The molecule has 1 N–H and O–H groups in total. The summed E-state index contributed by atoms with van der Waals surface area (Å²) in [5, 5.41) is 8.72. The first-order valence-electron chi connectivity index (χ1n) is 4.92. The summed E-state index contributed by atoms with van der Waals surface area (Å²) in [7, 11) is 0. The molecular formula is C12H12INO3. The van der Waals surface area contributed by atoms with E-state index in [1.54, 1.807) is 24.3 Å². The third kappa shape index (κ3) is 4.18. The lowest BCUT2D eigenvalue weighted by Gasteiger charge is -2.18. The average Bonchev–Trinajstić information content (AvgIpc) is 2.28. The number of rotatable bonds is 5. The largest absolute Gasteiger partial charge is 0.480 e. The number of halogens is 1. The molecule has 0 radical (unpaired) electrons. The SMILES string of the molecule is C=CCN(CC(=O)O)C(=O)c1ccc(I)cc1. The second-order valence-corrected chi connectivity index (χ2v) is 4.62. The van der Waals surface area contributed by atoms with Crippen LogP contribution in [-0.4, -0.2) is 35.0 Å². The molecule has 0 aliphatic rings. The van der Waals surface area contributed by atoms with Crippen LogP contribution in [0.3, 0.4) is 0 Å². The van der Waals surface area contributed by atoms with Gasteiger partial charge in [-0.15, -0.1) is 6.58 Å². The van der Waals surface area contributed by atoms with Crippen LogP contribution < -0.4 is 0 Å². The Morgan fingerprint density at radius 3 is 2.41 bits per heavy atom. The summed E-state index contributed by atoms with van der Waals surface area (Å²) in [5.74, 6) is -1.34.